The molecule has 0 amide bonds. The quantitative estimate of drug-likeness (QED) is 0.676. The molecule has 14 heavy (non-hydrogen) atoms. The van der Waals surface area contributed by atoms with Crippen molar-refractivity contribution in [1.29, 1.82) is 0 Å². The maximum Gasteiger partial charge on any atom is 0.324 e. The molecule has 0 radical (unpaired) electrons. The van der Waals surface area contributed by atoms with Gasteiger partial charge in [0.2, 0.25) is 0 Å². The molecule has 0 heterocycles. The van der Waals surface area contributed by atoms with Crippen molar-refractivity contribution in [3.63, 3.8) is 0 Å². The first-order valence-electron chi connectivity index (χ1n) is 4.89. The van der Waals surface area contributed by atoms with Gasteiger partial charge in [0.15, 0.2) is 0 Å². The average molecular weight is 201 g/mol. The molecular formula is C10H19NO3. The molecule has 4 nitrogen and oxygen atoms in total. The smallest absolute Gasteiger partial charge is 0.324 e. The van der Waals surface area contributed by atoms with Crippen LogP contribution in [0.1, 0.15) is 40.0 Å². The maximum atomic E-state index is 11.5. The van der Waals surface area contributed by atoms with Gasteiger partial charge in [0, 0.05) is 12.3 Å². The number of carbonyl (C=O) groups is 2. The minimum Gasteiger partial charge on any atom is -0.480 e. The lowest BCUT2D eigenvalue weighted by molar-refractivity contribution is -0.147. The second kappa shape index (κ2) is 5.10. The van der Waals surface area contributed by atoms with Gasteiger partial charge < -0.3 is 10.8 Å². The third kappa shape index (κ3) is 3.10. The number of carboxylic acids is 1. The van der Waals surface area contributed by atoms with Gasteiger partial charge in [-0.3, -0.25) is 9.59 Å². The summed E-state index contributed by atoms with van der Waals surface area (Å²) in [5, 5.41) is 8.81. The Labute approximate surface area is 84.5 Å². The molecular weight excluding hydrogens is 182 g/mol. The monoisotopic (exact) mass is 201 g/mol. The molecule has 0 aliphatic carbocycles. The normalized spacial score (nSPS) is 17.1. The Kier molecular flexibility index (Phi) is 4.77. The van der Waals surface area contributed by atoms with E-state index < -0.39 is 17.4 Å². The Balaban J connectivity index is 4.37. The van der Waals surface area contributed by atoms with Crippen LogP contribution in [-0.2, 0) is 9.59 Å². The first kappa shape index (κ1) is 13.1. The number of carbonyl (C=O) groups excluding carboxylic acids is 1. The van der Waals surface area contributed by atoms with Crippen molar-refractivity contribution < 1.29 is 14.7 Å². The molecule has 2 unspecified atom stereocenters. The van der Waals surface area contributed by atoms with E-state index in [4.69, 9.17) is 10.8 Å². The van der Waals surface area contributed by atoms with Gasteiger partial charge in [0.05, 0.1) is 0 Å². The molecule has 0 spiro atoms. The molecule has 3 N–H and O–H groups in total. The summed E-state index contributed by atoms with van der Waals surface area (Å²) < 4.78 is 0. The summed E-state index contributed by atoms with van der Waals surface area (Å²) in [6.45, 7) is 4.94. The van der Waals surface area contributed by atoms with E-state index in [1.54, 1.807) is 6.92 Å². The fourth-order valence-electron chi connectivity index (χ4n) is 1.09. The maximum absolute atomic E-state index is 11.5. The Morgan fingerprint density at radius 3 is 2.36 bits per heavy atom. The largest absolute Gasteiger partial charge is 0.480 e. The number of ketones is 1. The second-order valence-electron chi connectivity index (χ2n) is 3.88. The van der Waals surface area contributed by atoms with Crippen LogP contribution in [0.5, 0.6) is 0 Å². The van der Waals surface area contributed by atoms with Crippen molar-refractivity contribution in [2.75, 3.05) is 0 Å². The fraction of sp³-hybridized carbons (Fsp3) is 0.800. The highest BCUT2D eigenvalue weighted by Gasteiger charge is 2.38. The molecule has 4 heteroatoms. The van der Waals surface area contributed by atoms with Crippen LogP contribution >= 0.6 is 0 Å². The molecule has 82 valence electrons. The van der Waals surface area contributed by atoms with Crippen LogP contribution in [0, 0.1) is 5.92 Å². The lowest BCUT2D eigenvalue weighted by atomic mass is 9.83. The van der Waals surface area contributed by atoms with E-state index >= 15 is 0 Å². The van der Waals surface area contributed by atoms with Gasteiger partial charge in [0.25, 0.3) is 0 Å². The molecule has 0 bridgehead atoms. The van der Waals surface area contributed by atoms with E-state index in [2.05, 4.69) is 0 Å². The van der Waals surface area contributed by atoms with Crippen molar-refractivity contribution in [2.24, 2.45) is 11.7 Å². The molecule has 2 atom stereocenters. The highest BCUT2D eigenvalue weighted by molar-refractivity contribution is 5.90. The minimum atomic E-state index is -1.45. The first-order chi connectivity index (χ1) is 6.34. The van der Waals surface area contributed by atoms with Crippen molar-refractivity contribution in [3.05, 3.63) is 0 Å². The predicted octanol–water partition coefficient (Wildman–Crippen LogP) is 1.18. The summed E-state index contributed by atoms with van der Waals surface area (Å²) in [5.74, 6) is -1.83. The number of aliphatic carboxylic acids is 1. The molecule has 0 rings (SSSR count). The average Bonchev–Trinajstić information content (AvgIpc) is 2.12. The van der Waals surface area contributed by atoms with Gasteiger partial charge in [0.1, 0.15) is 11.3 Å². The lowest BCUT2D eigenvalue weighted by Gasteiger charge is -2.25. The Hall–Kier alpha value is -0.900. The summed E-state index contributed by atoms with van der Waals surface area (Å²) in [7, 11) is 0. The highest BCUT2D eigenvalue weighted by atomic mass is 16.4. The zero-order chi connectivity index (χ0) is 11.4. The SMILES string of the molecule is CCCCC(=O)C(C)C(C)(N)C(=O)O. The van der Waals surface area contributed by atoms with E-state index in [9.17, 15) is 9.59 Å². The fourth-order valence-corrected chi connectivity index (χ4v) is 1.09. The number of nitrogens with two attached hydrogens (primary N) is 1. The number of Topliss-reactive ketones (excluding diaryl/α,β-unsaturated/α-hetero) is 1. The zero-order valence-corrected chi connectivity index (χ0v) is 9.04. The van der Waals surface area contributed by atoms with Crippen LogP contribution in [0.15, 0.2) is 0 Å². The van der Waals surface area contributed by atoms with Crippen LogP contribution in [0.3, 0.4) is 0 Å². The number of carboxylic acid groups (broad SMARTS) is 1. The molecule has 0 saturated carbocycles. The van der Waals surface area contributed by atoms with Crippen LogP contribution in [-0.4, -0.2) is 22.4 Å². The van der Waals surface area contributed by atoms with E-state index in [0.29, 0.717) is 6.42 Å². The van der Waals surface area contributed by atoms with Gasteiger partial charge in [-0.15, -0.1) is 0 Å². The summed E-state index contributed by atoms with van der Waals surface area (Å²) in [4.78, 5) is 22.3. The lowest BCUT2D eigenvalue weighted by Crippen LogP contribution is -2.53. The molecule has 0 aliphatic heterocycles. The van der Waals surface area contributed by atoms with Gasteiger partial charge >= 0.3 is 5.97 Å². The summed E-state index contributed by atoms with van der Waals surface area (Å²) in [6, 6.07) is 0. The van der Waals surface area contributed by atoms with Crippen molar-refractivity contribution >= 4 is 11.8 Å². The number of hydrogen-bond acceptors (Lipinski definition) is 3. The molecule has 0 fully saturated rings. The van der Waals surface area contributed by atoms with Crippen molar-refractivity contribution in [2.45, 2.75) is 45.6 Å². The third-order valence-electron chi connectivity index (χ3n) is 2.62. The third-order valence-corrected chi connectivity index (χ3v) is 2.62. The minimum absolute atomic E-state index is 0.0701. The van der Waals surface area contributed by atoms with Gasteiger partial charge in [-0.1, -0.05) is 20.3 Å². The molecule has 0 aliphatic rings. The second-order valence-corrected chi connectivity index (χ2v) is 3.88. The van der Waals surface area contributed by atoms with E-state index in [1.165, 1.54) is 6.92 Å². The molecule has 0 saturated heterocycles. The Morgan fingerprint density at radius 2 is 2.00 bits per heavy atom. The van der Waals surface area contributed by atoms with E-state index in [1.807, 2.05) is 6.92 Å². The van der Waals surface area contributed by atoms with Crippen LogP contribution in [0.2, 0.25) is 0 Å². The zero-order valence-electron chi connectivity index (χ0n) is 9.04. The predicted molar refractivity (Wildman–Crippen MR) is 53.9 cm³/mol. The van der Waals surface area contributed by atoms with Crippen molar-refractivity contribution in [3.8, 4) is 0 Å². The van der Waals surface area contributed by atoms with E-state index in [0.717, 1.165) is 12.8 Å². The Morgan fingerprint density at radius 1 is 1.50 bits per heavy atom. The highest BCUT2D eigenvalue weighted by Crippen LogP contribution is 2.17. The number of rotatable bonds is 6. The molecule has 0 aromatic carbocycles. The van der Waals surface area contributed by atoms with Crippen LogP contribution in [0.4, 0.5) is 0 Å². The Bertz CT molecular complexity index is 223. The van der Waals surface area contributed by atoms with Gasteiger partial charge in [-0.05, 0) is 13.3 Å². The van der Waals surface area contributed by atoms with Gasteiger partial charge in [-0.25, -0.2) is 0 Å². The first-order valence-corrected chi connectivity index (χ1v) is 4.89. The van der Waals surface area contributed by atoms with E-state index in [-0.39, 0.29) is 5.78 Å². The van der Waals surface area contributed by atoms with Crippen molar-refractivity contribution in [1.82, 2.24) is 0 Å². The summed E-state index contributed by atoms with van der Waals surface area (Å²) in [6.07, 6.45) is 2.13. The van der Waals surface area contributed by atoms with Crippen LogP contribution in [0.25, 0.3) is 0 Å². The summed E-state index contributed by atoms with van der Waals surface area (Å²) >= 11 is 0. The topological polar surface area (TPSA) is 80.4 Å². The molecule has 0 aromatic rings. The van der Waals surface area contributed by atoms with Crippen LogP contribution < -0.4 is 5.73 Å². The standard InChI is InChI=1S/C10H19NO3/c1-4-5-6-8(12)7(2)10(3,11)9(13)14/h7H,4-6,11H2,1-3H3,(H,13,14). The summed E-state index contributed by atoms with van der Waals surface area (Å²) in [5.41, 5.74) is 4.10. The molecule has 0 aromatic heterocycles. The number of unbranched alkanes of at least 4 members (excludes halogenated alkanes) is 1. The number of hydrogen-bond donors (Lipinski definition) is 2. The van der Waals surface area contributed by atoms with Gasteiger partial charge in [-0.2, -0.15) is 0 Å².